The Hall–Kier alpha value is -3.37. The van der Waals surface area contributed by atoms with Gasteiger partial charge in [-0.25, -0.2) is 16.8 Å². The molecule has 4 aromatic rings. The van der Waals surface area contributed by atoms with E-state index in [0.717, 1.165) is 11.8 Å². The maximum Gasteiger partial charge on any atom is 0.419 e. The van der Waals surface area contributed by atoms with Gasteiger partial charge in [-0.2, -0.15) is 13.2 Å². The van der Waals surface area contributed by atoms with Crippen LogP contribution < -0.4 is 4.74 Å². The van der Waals surface area contributed by atoms with Gasteiger partial charge in [-0.15, -0.1) is 0 Å². The number of rotatable bonds is 6. The molecule has 1 heterocycles. The van der Waals surface area contributed by atoms with Crippen molar-refractivity contribution in [2.45, 2.75) is 24.4 Å². The van der Waals surface area contributed by atoms with Crippen molar-refractivity contribution in [3.8, 4) is 5.75 Å². The van der Waals surface area contributed by atoms with E-state index in [-0.39, 0.29) is 28.0 Å². The summed E-state index contributed by atoms with van der Waals surface area (Å²) in [6.07, 6.45) is -4.47. The predicted octanol–water partition coefficient (Wildman–Crippen LogP) is 6.43. The molecule has 4 rings (SSSR count). The fraction of sp³-hybridized carbons (Fsp3) is 0.160. The highest BCUT2D eigenvalue weighted by atomic mass is 35.5. The van der Waals surface area contributed by atoms with Crippen molar-refractivity contribution in [3.63, 3.8) is 0 Å². The number of hydrogen-bond acceptors (Lipinski definition) is 4. The van der Waals surface area contributed by atoms with Gasteiger partial charge in [0.05, 0.1) is 23.1 Å². The van der Waals surface area contributed by atoms with E-state index in [4.69, 9.17) is 16.3 Å². The van der Waals surface area contributed by atoms with E-state index in [2.05, 4.69) is 0 Å². The molecule has 0 aliphatic heterocycles. The number of methoxy groups -OCH3 is 1. The minimum absolute atomic E-state index is 0.177. The van der Waals surface area contributed by atoms with Crippen LogP contribution in [0.1, 0.15) is 27.0 Å². The van der Waals surface area contributed by atoms with Gasteiger partial charge in [-0.3, -0.25) is 4.79 Å². The summed E-state index contributed by atoms with van der Waals surface area (Å²) in [5.41, 5.74) is -1.17. The first kappa shape index (κ1) is 25.7. The molecule has 5 nitrogen and oxygen atoms in total. The van der Waals surface area contributed by atoms with Crippen LogP contribution >= 0.6 is 11.6 Å². The van der Waals surface area contributed by atoms with E-state index in [1.54, 1.807) is 19.1 Å². The predicted molar refractivity (Wildman–Crippen MR) is 127 cm³/mol. The van der Waals surface area contributed by atoms with Gasteiger partial charge in [0.15, 0.2) is 5.78 Å². The van der Waals surface area contributed by atoms with Crippen LogP contribution in [-0.4, -0.2) is 25.3 Å². The molecule has 36 heavy (non-hydrogen) atoms. The molecule has 3 aromatic carbocycles. The van der Waals surface area contributed by atoms with Crippen LogP contribution in [-0.2, 0) is 22.6 Å². The second-order valence-electron chi connectivity index (χ2n) is 8.06. The molecule has 0 aliphatic rings. The van der Waals surface area contributed by atoms with E-state index in [1.165, 1.54) is 37.4 Å². The lowest BCUT2D eigenvalue weighted by Gasteiger charge is -2.11. The molecule has 0 N–H and O–H groups in total. The Balaban J connectivity index is 1.93. The van der Waals surface area contributed by atoms with Crippen LogP contribution in [0, 0.1) is 12.7 Å². The van der Waals surface area contributed by atoms with Gasteiger partial charge in [0.2, 0.25) is 0 Å². The maximum atomic E-state index is 14.5. The van der Waals surface area contributed by atoms with E-state index in [1.807, 2.05) is 0 Å². The monoisotopic (exact) mass is 539 g/mol. The largest absolute Gasteiger partial charge is 0.496 e. The van der Waals surface area contributed by atoms with E-state index >= 15 is 0 Å². The van der Waals surface area contributed by atoms with Crippen LogP contribution in [0.3, 0.4) is 0 Å². The van der Waals surface area contributed by atoms with Crippen molar-refractivity contribution in [3.05, 3.63) is 93.9 Å². The molecule has 0 radical (unpaired) electrons. The number of halogens is 5. The standard InChI is InChI=1S/C25H18ClF4NO4S/c1-14-3-7-17(8-4-14)36(33,34)31-13-19(18-11-20(25(28,29)30)21(27)12-22(18)31)23(32)9-15-5-6-16(26)10-24(15)35-2/h3-8,10-13H,9H2,1-2H3. The lowest BCUT2D eigenvalue weighted by atomic mass is 10.0. The number of hydrogen-bond donors (Lipinski definition) is 0. The number of ketones is 1. The van der Waals surface area contributed by atoms with E-state index in [9.17, 15) is 30.8 Å². The average molecular weight is 540 g/mol. The molecular formula is C25H18ClF4NO4S. The summed E-state index contributed by atoms with van der Waals surface area (Å²) < 4.78 is 87.4. The molecule has 0 saturated carbocycles. The Morgan fingerprint density at radius 1 is 1.06 bits per heavy atom. The van der Waals surface area contributed by atoms with Gasteiger partial charge in [0.25, 0.3) is 10.0 Å². The number of fused-ring (bicyclic) bond motifs is 1. The molecule has 11 heteroatoms. The summed E-state index contributed by atoms with van der Waals surface area (Å²) in [5.74, 6) is -2.08. The summed E-state index contributed by atoms with van der Waals surface area (Å²) >= 11 is 5.95. The molecule has 0 aliphatic carbocycles. The van der Waals surface area contributed by atoms with Crippen molar-refractivity contribution in [1.82, 2.24) is 3.97 Å². The Labute approximate surface area is 208 Å². The topological polar surface area (TPSA) is 65.4 Å². The normalized spacial score (nSPS) is 12.2. The smallest absolute Gasteiger partial charge is 0.419 e. The van der Waals surface area contributed by atoms with Gasteiger partial charge >= 0.3 is 6.18 Å². The molecule has 0 amide bonds. The van der Waals surface area contributed by atoms with Crippen molar-refractivity contribution in [2.75, 3.05) is 7.11 Å². The number of carbonyl (C=O) groups excluding carboxylic acids is 1. The highest BCUT2D eigenvalue weighted by molar-refractivity contribution is 7.90. The van der Waals surface area contributed by atoms with E-state index < -0.39 is 38.9 Å². The fourth-order valence-corrected chi connectivity index (χ4v) is 5.34. The second-order valence-corrected chi connectivity index (χ2v) is 10.3. The summed E-state index contributed by atoms with van der Waals surface area (Å²) in [6.45, 7) is 1.75. The zero-order chi connectivity index (χ0) is 26.4. The molecule has 188 valence electrons. The van der Waals surface area contributed by atoms with Crippen LogP contribution in [0.5, 0.6) is 5.75 Å². The molecule has 1 aromatic heterocycles. The molecule has 0 atom stereocenters. The summed E-state index contributed by atoms with van der Waals surface area (Å²) in [4.78, 5) is 13.1. The Morgan fingerprint density at radius 2 is 1.72 bits per heavy atom. The maximum absolute atomic E-state index is 14.5. The molecule has 0 fully saturated rings. The zero-order valence-electron chi connectivity index (χ0n) is 18.9. The Kier molecular flexibility index (Phi) is 6.61. The van der Waals surface area contributed by atoms with Crippen molar-refractivity contribution >= 4 is 38.3 Å². The van der Waals surface area contributed by atoms with Crippen LogP contribution in [0.2, 0.25) is 5.02 Å². The average Bonchev–Trinajstić information content (AvgIpc) is 3.18. The number of nitrogens with zero attached hydrogens (tertiary/aromatic N) is 1. The number of aromatic nitrogens is 1. The molecule has 0 unspecified atom stereocenters. The van der Waals surface area contributed by atoms with Gasteiger partial charge in [-0.05, 0) is 43.3 Å². The fourth-order valence-electron chi connectivity index (χ4n) is 3.81. The number of Topliss-reactive ketones (excluding diaryl/α,β-unsaturated/α-hetero) is 1. The second kappa shape index (κ2) is 9.25. The van der Waals surface area contributed by atoms with Crippen LogP contribution in [0.15, 0.2) is 65.7 Å². The van der Waals surface area contributed by atoms with Gasteiger partial charge in [0.1, 0.15) is 11.6 Å². The summed E-state index contributed by atoms with van der Waals surface area (Å²) in [6, 6.07) is 11.1. The Morgan fingerprint density at radius 3 is 2.33 bits per heavy atom. The lowest BCUT2D eigenvalue weighted by molar-refractivity contribution is -0.139. The number of benzene rings is 3. The molecule has 0 bridgehead atoms. The first-order valence-corrected chi connectivity index (χ1v) is 12.2. The number of aryl methyl sites for hydroxylation is 1. The summed E-state index contributed by atoms with van der Waals surface area (Å²) in [7, 11) is -3.02. The van der Waals surface area contributed by atoms with E-state index in [0.29, 0.717) is 26.7 Å². The van der Waals surface area contributed by atoms with Crippen LogP contribution in [0.25, 0.3) is 10.9 Å². The Bertz CT molecular complexity index is 1590. The zero-order valence-corrected chi connectivity index (χ0v) is 20.4. The quantitative estimate of drug-likeness (QED) is 0.209. The number of carbonyl (C=O) groups is 1. The number of alkyl halides is 3. The van der Waals surface area contributed by atoms with Crippen molar-refractivity contribution < 1.29 is 35.5 Å². The van der Waals surface area contributed by atoms with Gasteiger partial charge in [-0.1, -0.05) is 35.4 Å². The van der Waals surface area contributed by atoms with Crippen LogP contribution in [0.4, 0.5) is 17.6 Å². The highest BCUT2D eigenvalue weighted by Gasteiger charge is 2.36. The van der Waals surface area contributed by atoms with Gasteiger partial charge < -0.3 is 4.74 Å². The third-order valence-corrected chi connectivity index (χ3v) is 7.57. The first-order chi connectivity index (χ1) is 16.8. The molecular weight excluding hydrogens is 522 g/mol. The minimum Gasteiger partial charge on any atom is -0.496 e. The minimum atomic E-state index is -5.06. The van der Waals surface area contributed by atoms with Gasteiger partial charge in [0, 0.05) is 34.2 Å². The third-order valence-electron chi connectivity index (χ3n) is 5.64. The lowest BCUT2D eigenvalue weighted by Crippen LogP contribution is -2.13. The van der Waals surface area contributed by atoms with Crippen molar-refractivity contribution in [1.29, 1.82) is 0 Å². The SMILES string of the molecule is COc1cc(Cl)ccc1CC(=O)c1cn(S(=O)(=O)c2ccc(C)cc2)c2cc(F)c(C(F)(F)F)cc12. The number of ether oxygens (including phenoxy) is 1. The summed E-state index contributed by atoms with van der Waals surface area (Å²) in [5, 5.41) is -0.00789. The van der Waals surface area contributed by atoms with Crippen molar-refractivity contribution in [2.24, 2.45) is 0 Å². The first-order valence-electron chi connectivity index (χ1n) is 10.4. The third kappa shape index (κ3) is 4.70. The highest BCUT2D eigenvalue weighted by Crippen LogP contribution is 2.37. The molecule has 0 saturated heterocycles. The molecule has 0 spiro atoms.